The van der Waals surface area contributed by atoms with Gasteiger partial charge >= 0.3 is 0 Å². The molecule has 0 unspecified atom stereocenters. The molecule has 2 N–H and O–H groups in total. The SMILES string of the molecule is COc1ncnc(OC)c1-n1c(NS(=O)(=O)[C@@H](C)[C@H](OC)c2ncc(Cl)cn2)nnc1C1(O)CCCC1. The quantitative estimate of drug-likeness (QED) is 0.372. The molecule has 2 atom stereocenters. The molecule has 37 heavy (non-hydrogen) atoms. The Labute approximate surface area is 218 Å². The standard InChI is InChI=1S/C21H27ClN8O6S/c1-12(15(34-2)16-23-9-13(22)10-24-16)37(32,33)29-20-28-27-19(21(31)7-5-6-8-21)30(20)14-17(35-3)25-11-26-18(14)36-4/h9-12,15,31H,5-8H2,1-4H3,(H,28,29)/t12-,15-/m0/s1. The van der Waals surface area contributed by atoms with Gasteiger partial charge in [0.15, 0.2) is 17.3 Å². The minimum atomic E-state index is -4.20. The van der Waals surface area contributed by atoms with Gasteiger partial charge in [-0.25, -0.2) is 18.4 Å². The molecule has 0 bridgehead atoms. The van der Waals surface area contributed by atoms with Crippen LogP contribution in [-0.4, -0.2) is 74.8 Å². The van der Waals surface area contributed by atoms with Gasteiger partial charge in [0.2, 0.25) is 27.7 Å². The smallest absolute Gasteiger partial charge is 0.245 e. The van der Waals surface area contributed by atoms with Crippen molar-refractivity contribution in [3.05, 3.63) is 35.4 Å². The van der Waals surface area contributed by atoms with Gasteiger partial charge in [0.05, 0.1) is 19.2 Å². The van der Waals surface area contributed by atoms with E-state index in [9.17, 15) is 13.5 Å². The van der Waals surface area contributed by atoms with Crippen molar-refractivity contribution in [3.8, 4) is 17.4 Å². The van der Waals surface area contributed by atoms with Crippen LogP contribution in [0.15, 0.2) is 18.7 Å². The predicted octanol–water partition coefficient (Wildman–Crippen LogP) is 1.80. The molecule has 3 aromatic rings. The van der Waals surface area contributed by atoms with Crippen molar-refractivity contribution in [2.45, 2.75) is 49.6 Å². The van der Waals surface area contributed by atoms with Crippen molar-refractivity contribution >= 4 is 27.6 Å². The van der Waals surface area contributed by atoms with Crippen LogP contribution >= 0.6 is 11.6 Å². The van der Waals surface area contributed by atoms with Gasteiger partial charge in [0.25, 0.3) is 0 Å². The summed E-state index contributed by atoms with van der Waals surface area (Å²) in [5, 5.41) is 18.7. The molecule has 0 spiro atoms. The van der Waals surface area contributed by atoms with Crippen LogP contribution in [0.5, 0.6) is 11.8 Å². The molecule has 1 aliphatic carbocycles. The minimum absolute atomic E-state index is 0.0623. The van der Waals surface area contributed by atoms with Crippen LogP contribution in [0.4, 0.5) is 5.95 Å². The second-order valence-corrected chi connectivity index (χ2v) is 10.9. The summed E-state index contributed by atoms with van der Waals surface area (Å²) in [5.74, 6) is 0.137. The van der Waals surface area contributed by atoms with Gasteiger partial charge in [-0.2, -0.15) is 9.97 Å². The highest BCUT2D eigenvalue weighted by atomic mass is 35.5. The molecule has 14 nitrogen and oxygen atoms in total. The highest BCUT2D eigenvalue weighted by molar-refractivity contribution is 7.93. The first-order chi connectivity index (χ1) is 17.6. The van der Waals surface area contributed by atoms with Gasteiger partial charge in [-0.15, -0.1) is 10.2 Å². The molecule has 0 aliphatic heterocycles. The molecule has 0 amide bonds. The second kappa shape index (κ2) is 10.7. The van der Waals surface area contributed by atoms with Gasteiger partial charge in [-0.05, 0) is 32.6 Å². The van der Waals surface area contributed by atoms with Crippen LogP contribution in [0, 0.1) is 0 Å². The number of hydrogen-bond donors (Lipinski definition) is 2. The van der Waals surface area contributed by atoms with E-state index in [1.54, 1.807) is 0 Å². The van der Waals surface area contributed by atoms with E-state index < -0.39 is 27.0 Å². The van der Waals surface area contributed by atoms with Crippen LogP contribution in [0.2, 0.25) is 5.02 Å². The molecule has 1 fully saturated rings. The molecule has 0 aromatic carbocycles. The number of nitrogens with one attached hydrogen (secondary N) is 1. The van der Waals surface area contributed by atoms with Gasteiger partial charge in [-0.1, -0.05) is 11.6 Å². The van der Waals surface area contributed by atoms with Crippen molar-refractivity contribution in [3.63, 3.8) is 0 Å². The monoisotopic (exact) mass is 554 g/mol. The van der Waals surface area contributed by atoms with Gasteiger partial charge in [0.1, 0.15) is 23.3 Å². The van der Waals surface area contributed by atoms with E-state index >= 15 is 0 Å². The molecule has 3 aromatic heterocycles. The van der Waals surface area contributed by atoms with E-state index in [1.807, 2.05) is 0 Å². The zero-order chi connectivity index (χ0) is 26.8. The van der Waals surface area contributed by atoms with Crippen LogP contribution in [0.3, 0.4) is 0 Å². The summed E-state index contributed by atoms with van der Waals surface area (Å²) in [6, 6.07) is 0. The first-order valence-electron chi connectivity index (χ1n) is 11.3. The number of anilines is 1. The van der Waals surface area contributed by atoms with E-state index in [2.05, 4.69) is 34.9 Å². The highest BCUT2D eigenvalue weighted by Gasteiger charge is 2.42. The van der Waals surface area contributed by atoms with Crippen molar-refractivity contribution in [2.24, 2.45) is 0 Å². The lowest BCUT2D eigenvalue weighted by molar-refractivity contribution is 0.0332. The highest BCUT2D eigenvalue weighted by Crippen LogP contribution is 2.42. The Bertz CT molecular complexity index is 1330. The zero-order valence-corrected chi connectivity index (χ0v) is 22.2. The number of aromatic nitrogens is 7. The fourth-order valence-corrected chi connectivity index (χ4v) is 5.47. The first-order valence-corrected chi connectivity index (χ1v) is 13.2. The first kappa shape index (κ1) is 26.9. The van der Waals surface area contributed by atoms with E-state index in [-0.39, 0.29) is 35.0 Å². The third-order valence-corrected chi connectivity index (χ3v) is 8.06. The van der Waals surface area contributed by atoms with Crippen LogP contribution in [0.1, 0.15) is 50.4 Å². The summed E-state index contributed by atoms with van der Waals surface area (Å²) in [6.07, 6.45) is 5.24. The van der Waals surface area contributed by atoms with Gasteiger partial charge < -0.3 is 19.3 Å². The molecule has 0 saturated heterocycles. The number of methoxy groups -OCH3 is 3. The zero-order valence-electron chi connectivity index (χ0n) is 20.6. The maximum absolute atomic E-state index is 13.5. The van der Waals surface area contributed by atoms with E-state index in [0.717, 1.165) is 12.8 Å². The summed E-state index contributed by atoms with van der Waals surface area (Å²) >= 11 is 5.86. The summed E-state index contributed by atoms with van der Waals surface area (Å²) in [6.45, 7) is 1.44. The summed E-state index contributed by atoms with van der Waals surface area (Å²) < 4.78 is 47.1. The maximum Gasteiger partial charge on any atom is 0.245 e. The topological polar surface area (TPSA) is 176 Å². The molecular weight excluding hydrogens is 528 g/mol. The molecule has 4 rings (SSSR count). The minimum Gasteiger partial charge on any atom is -0.479 e. The lowest BCUT2D eigenvalue weighted by Crippen LogP contribution is -2.34. The number of ether oxygens (including phenoxy) is 3. The van der Waals surface area contributed by atoms with Gasteiger partial charge in [-0.3, -0.25) is 9.29 Å². The molecular formula is C21H27ClN8O6S. The number of nitrogens with zero attached hydrogens (tertiary/aromatic N) is 7. The normalized spacial score (nSPS) is 16.8. The fourth-order valence-electron chi connectivity index (χ4n) is 4.24. The molecule has 3 heterocycles. The van der Waals surface area contributed by atoms with Crippen molar-refractivity contribution in [2.75, 3.05) is 26.1 Å². The number of sulfonamides is 1. The summed E-state index contributed by atoms with van der Waals surface area (Å²) in [5.41, 5.74) is -1.23. The number of hydrogen-bond acceptors (Lipinski definition) is 12. The number of rotatable bonds is 10. The van der Waals surface area contributed by atoms with Crippen LogP contribution in [-0.2, 0) is 20.4 Å². The average molecular weight is 555 g/mol. The summed E-state index contributed by atoms with van der Waals surface area (Å²) in [4.78, 5) is 16.4. The third-order valence-electron chi connectivity index (χ3n) is 6.17. The van der Waals surface area contributed by atoms with Crippen molar-refractivity contribution < 1.29 is 27.7 Å². The maximum atomic E-state index is 13.5. The Balaban J connectivity index is 1.81. The molecule has 1 saturated carbocycles. The average Bonchev–Trinajstić information content (AvgIpc) is 3.51. The Morgan fingerprint density at radius 2 is 1.65 bits per heavy atom. The number of aliphatic hydroxyl groups is 1. The van der Waals surface area contributed by atoms with Gasteiger partial charge in [0, 0.05) is 19.5 Å². The summed E-state index contributed by atoms with van der Waals surface area (Å²) in [7, 11) is -0.0695. The van der Waals surface area contributed by atoms with Crippen molar-refractivity contribution in [1.82, 2.24) is 34.7 Å². The Kier molecular flexibility index (Phi) is 7.77. The van der Waals surface area contributed by atoms with Crippen molar-refractivity contribution in [1.29, 1.82) is 0 Å². The second-order valence-electron chi connectivity index (χ2n) is 8.43. The molecule has 16 heteroatoms. The largest absolute Gasteiger partial charge is 0.479 e. The molecule has 200 valence electrons. The molecule has 0 radical (unpaired) electrons. The third kappa shape index (κ3) is 5.16. The van der Waals surface area contributed by atoms with E-state index in [0.29, 0.717) is 17.9 Å². The lowest BCUT2D eigenvalue weighted by Gasteiger charge is -2.25. The van der Waals surface area contributed by atoms with E-state index in [1.165, 1.54) is 51.5 Å². The molecule has 1 aliphatic rings. The Hall–Kier alpha value is -3.14. The van der Waals surface area contributed by atoms with E-state index in [4.69, 9.17) is 25.8 Å². The van der Waals surface area contributed by atoms with Crippen LogP contribution < -0.4 is 14.2 Å². The van der Waals surface area contributed by atoms with Crippen LogP contribution in [0.25, 0.3) is 5.69 Å². The Morgan fingerprint density at radius 1 is 1.05 bits per heavy atom. The predicted molar refractivity (Wildman–Crippen MR) is 131 cm³/mol. The fraction of sp³-hybridized carbons (Fsp3) is 0.524. The Morgan fingerprint density at radius 3 is 2.19 bits per heavy atom. The lowest BCUT2D eigenvalue weighted by atomic mass is 10.0. The number of halogens is 1.